The molecule has 0 amide bonds. The highest BCUT2D eigenvalue weighted by Crippen LogP contribution is 2.24. The first-order chi connectivity index (χ1) is 7.70. The Balaban J connectivity index is 1.97. The van der Waals surface area contributed by atoms with Crippen LogP contribution in [0.5, 0.6) is 0 Å². The molecular weight excluding hydrogens is 200 g/mol. The number of aryl methyl sites for hydroxylation is 1. The molecule has 1 aromatic rings. The topological polar surface area (TPSA) is 42.4 Å². The van der Waals surface area contributed by atoms with Crippen molar-refractivity contribution < 1.29 is 4.42 Å². The molecule has 3 nitrogen and oxygen atoms in total. The number of nitrogens with two attached hydrogens (primary N) is 1. The minimum Gasteiger partial charge on any atom is -0.463 e. The summed E-state index contributed by atoms with van der Waals surface area (Å²) in [5, 5.41) is 0. The predicted molar refractivity (Wildman–Crippen MR) is 65.1 cm³/mol. The number of nitrogens with zero attached hydrogens (tertiary/aromatic N) is 1. The van der Waals surface area contributed by atoms with Crippen LogP contribution in [-0.2, 0) is 13.1 Å². The first-order valence-electron chi connectivity index (χ1n) is 6.19. The number of furan rings is 1. The van der Waals surface area contributed by atoms with Gasteiger partial charge in [-0.25, -0.2) is 0 Å². The Morgan fingerprint density at radius 3 is 2.69 bits per heavy atom. The van der Waals surface area contributed by atoms with Crippen molar-refractivity contribution in [2.45, 2.75) is 51.7 Å². The van der Waals surface area contributed by atoms with E-state index in [0.29, 0.717) is 6.54 Å². The summed E-state index contributed by atoms with van der Waals surface area (Å²) in [6, 6.07) is 2.86. The quantitative estimate of drug-likeness (QED) is 0.850. The third-order valence-electron chi connectivity index (χ3n) is 3.61. The van der Waals surface area contributed by atoms with Gasteiger partial charge in [-0.3, -0.25) is 4.90 Å². The molecule has 0 saturated heterocycles. The van der Waals surface area contributed by atoms with Crippen molar-refractivity contribution in [3.8, 4) is 0 Å². The van der Waals surface area contributed by atoms with Crippen LogP contribution in [0.4, 0.5) is 0 Å². The molecule has 16 heavy (non-hydrogen) atoms. The lowest BCUT2D eigenvalue weighted by Gasteiger charge is -2.22. The molecule has 0 unspecified atom stereocenters. The zero-order chi connectivity index (χ0) is 11.5. The average Bonchev–Trinajstić information content (AvgIpc) is 2.87. The van der Waals surface area contributed by atoms with Gasteiger partial charge in [-0.2, -0.15) is 0 Å². The summed E-state index contributed by atoms with van der Waals surface area (Å²) in [6.45, 7) is 3.47. The van der Waals surface area contributed by atoms with E-state index in [0.717, 1.165) is 24.1 Å². The summed E-state index contributed by atoms with van der Waals surface area (Å²) in [6.07, 6.45) is 5.42. The van der Waals surface area contributed by atoms with Crippen LogP contribution in [0, 0.1) is 6.92 Å². The molecule has 2 rings (SSSR count). The van der Waals surface area contributed by atoms with Gasteiger partial charge in [-0.15, -0.1) is 0 Å². The summed E-state index contributed by atoms with van der Waals surface area (Å²) in [7, 11) is 2.19. The minimum absolute atomic E-state index is 0.499. The van der Waals surface area contributed by atoms with E-state index in [9.17, 15) is 0 Å². The van der Waals surface area contributed by atoms with Crippen LogP contribution in [0.1, 0.15) is 42.8 Å². The van der Waals surface area contributed by atoms with Crippen molar-refractivity contribution >= 4 is 0 Å². The van der Waals surface area contributed by atoms with Crippen LogP contribution in [0.15, 0.2) is 10.5 Å². The number of hydrogen-bond acceptors (Lipinski definition) is 3. The maximum atomic E-state index is 5.73. The van der Waals surface area contributed by atoms with Crippen LogP contribution in [0.2, 0.25) is 0 Å². The van der Waals surface area contributed by atoms with E-state index in [1.807, 2.05) is 0 Å². The third-order valence-corrected chi connectivity index (χ3v) is 3.61. The van der Waals surface area contributed by atoms with Crippen molar-refractivity contribution in [3.05, 3.63) is 23.2 Å². The van der Waals surface area contributed by atoms with Gasteiger partial charge in [0.2, 0.25) is 0 Å². The van der Waals surface area contributed by atoms with Crippen LogP contribution in [-0.4, -0.2) is 18.0 Å². The standard InChI is InChI=1S/C13H22N2O/c1-10-7-12(16-13(10)8-14)9-15(2)11-5-3-4-6-11/h7,11H,3-6,8-9,14H2,1-2H3. The molecule has 1 aliphatic rings. The van der Waals surface area contributed by atoms with Gasteiger partial charge in [0.15, 0.2) is 0 Å². The normalized spacial score (nSPS) is 17.5. The van der Waals surface area contributed by atoms with Gasteiger partial charge in [-0.1, -0.05) is 12.8 Å². The molecule has 1 aliphatic carbocycles. The maximum absolute atomic E-state index is 5.73. The molecule has 1 fully saturated rings. The Kier molecular flexibility index (Phi) is 3.66. The monoisotopic (exact) mass is 222 g/mol. The van der Waals surface area contributed by atoms with E-state index in [2.05, 4.69) is 24.9 Å². The van der Waals surface area contributed by atoms with E-state index >= 15 is 0 Å². The lowest BCUT2D eigenvalue weighted by Crippen LogP contribution is -2.28. The second-order valence-corrected chi connectivity index (χ2v) is 4.88. The molecule has 0 spiro atoms. The van der Waals surface area contributed by atoms with E-state index in [1.54, 1.807) is 0 Å². The molecule has 2 N–H and O–H groups in total. The summed E-state index contributed by atoms with van der Waals surface area (Å²) in [4.78, 5) is 2.41. The van der Waals surface area contributed by atoms with Gasteiger partial charge in [0.05, 0.1) is 13.1 Å². The highest BCUT2D eigenvalue weighted by molar-refractivity contribution is 5.19. The Morgan fingerprint density at radius 2 is 2.12 bits per heavy atom. The highest BCUT2D eigenvalue weighted by Gasteiger charge is 2.20. The fourth-order valence-electron chi connectivity index (χ4n) is 2.59. The first-order valence-corrected chi connectivity index (χ1v) is 6.19. The molecule has 0 atom stereocenters. The van der Waals surface area contributed by atoms with Crippen molar-refractivity contribution in [3.63, 3.8) is 0 Å². The summed E-state index contributed by atoms with van der Waals surface area (Å²) >= 11 is 0. The smallest absolute Gasteiger partial charge is 0.120 e. The molecule has 1 heterocycles. The van der Waals surface area contributed by atoms with Crippen LogP contribution in [0.3, 0.4) is 0 Å². The molecule has 0 aliphatic heterocycles. The Bertz CT molecular complexity index is 340. The van der Waals surface area contributed by atoms with Gasteiger partial charge in [-0.05, 0) is 38.4 Å². The molecule has 90 valence electrons. The molecule has 0 aromatic carbocycles. The lowest BCUT2D eigenvalue weighted by molar-refractivity contribution is 0.217. The minimum atomic E-state index is 0.499. The molecule has 3 heteroatoms. The fourth-order valence-corrected chi connectivity index (χ4v) is 2.59. The van der Waals surface area contributed by atoms with Gasteiger partial charge < -0.3 is 10.2 Å². The van der Waals surface area contributed by atoms with Crippen LogP contribution in [0.25, 0.3) is 0 Å². The molecule has 0 radical (unpaired) electrons. The molecule has 1 saturated carbocycles. The zero-order valence-electron chi connectivity index (χ0n) is 10.3. The van der Waals surface area contributed by atoms with E-state index in [-0.39, 0.29) is 0 Å². The van der Waals surface area contributed by atoms with Gasteiger partial charge in [0, 0.05) is 6.04 Å². The average molecular weight is 222 g/mol. The molecule has 1 aromatic heterocycles. The Labute approximate surface area is 97.6 Å². The van der Waals surface area contributed by atoms with E-state index in [4.69, 9.17) is 10.2 Å². The van der Waals surface area contributed by atoms with Crippen molar-refractivity contribution in [1.82, 2.24) is 4.90 Å². The fraction of sp³-hybridized carbons (Fsp3) is 0.692. The summed E-state index contributed by atoms with van der Waals surface area (Å²) in [5.74, 6) is 1.97. The van der Waals surface area contributed by atoms with Crippen molar-refractivity contribution in [1.29, 1.82) is 0 Å². The third kappa shape index (κ3) is 2.47. The number of rotatable bonds is 4. The molecular formula is C13H22N2O. The van der Waals surface area contributed by atoms with E-state index in [1.165, 1.54) is 31.2 Å². The number of hydrogen-bond donors (Lipinski definition) is 1. The lowest BCUT2D eigenvalue weighted by atomic mass is 10.2. The van der Waals surface area contributed by atoms with Crippen LogP contribution >= 0.6 is 0 Å². The van der Waals surface area contributed by atoms with Gasteiger partial charge in [0.1, 0.15) is 11.5 Å². The highest BCUT2D eigenvalue weighted by atomic mass is 16.3. The van der Waals surface area contributed by atoms with Crippen LogP contribution < -0.4 is 5.73 Å². The summed E-state index contributed by atoms with van der Waals surface area (Å²) in [5.41, 5.74) is 6.79. The van der Waals surface area contributed by atoms with Crippen molar-refractivity contribution in [2.75, 3.05) is 7.05 Å². The second-order valence-electron chi connectivity index (χ2n) is 4.88. The summed E-state index contributed by atoms with van der Waals surface area (Å²) < 4.78 is 5.73. The largest absolute Gasteiger partial charge is 0.463 e. The maximum Gasteiger partial charge on any atom is 0.120 e. The first kappa shape index (κ1) is 11.7. The zero-order valence-corrected chi connectivity index (χ0v) is 10.3. The Morgan fingerprint density at radius 1 is 1.44 bits per heavy atom. The SMILES string of the molecule is Cc1cc(CN(C)C2CCCC2)oc1CN. The van der Waals surface area contributed by atoms with Crippen molar-refractivity contribution in [2.24, 2.45) is 5.73 Å². The molecule has 0 bridgehead atoms. The predicted octanol–water partition coefficient (Wildman–Crippen LogP) is 2.42. The second kappa shape index (κ2) is 5.02. The van der Waals surface area contributed by atoms with E-state index < -0.39 is 0 Å². The van der Waals surface area contributed by atoms with Gasteiger partial charge >= 0.3 is 0 Å². The Hall–Kier alpha value is -0.800. The van der Waals surface area contributed by atoms with Gasteiger partial charge in [0.25, 0.3) is 0 Å².